The van der Waals surface area contributed by atoms with E-state index in [4.69, 9.17) is 5.41 Å². The summed E-state index contributed by atoms with van der Waals surface area (Å²) in [5, 5.41) is 7.52. The van der Waals surface area contributed by atoms with Crippen molar-refractivity contribution in [1.82, 2.24) is 0 Å². The fraction of sp³-hybridized carbons (Fsp3) is 0.200. The van der Waals surface area contributed by atoms with Crippen molar-refractivity contribution in [2.24, 2.45) is 0 Å². The molecule has 0 aliphatic carbocycles. The number of halogens is 1. The summed E-state index contributed by atoms with van der Waals surface area (Å²) in [5.74, 6) is -0.143. The van der Waals surface area contributed by atoms with Gasteiger partial charge in [0.15, 0.2) is 5.78 Å². The minimum atomic E-state index is -0.143. The van der Waals surface area contributed by atoms with Crippen LogP contribution in [0.4, 0.5) is 0 Å². The average Bonchev–Trinajstić information content (AvgIpc) is 2.17. The van der Waals surface area contributed by atoms with Gasteiger partial charge in [0, 0.05) is 16.5 Å². The second-order valence-corrected chi connectivity index (χ2v) is 3.43. The van der Waals surface area contributed by atoms with Crippen LogP contribution in [0, 0.1) is 11.5 Å². The zero-order valence-electron chi connectivity index (χ0n) is 7.23. The van der Waals surface area contributed by atoms with E-state index in [2.05, 4.69) is 22.0 Å². The van der Waals surface area contributed by atoms with Crippen LogP contribution in [-0.4, -0.2) is 11.5 Å². The van der Waals surface area contributed by atoms with Crippen LogP contribution in [-0.2, 0) is 4.79 Å². The zero-order chi connectivity index (χ0) is 9.84. The molecule has 1 rings (SSSR count). The van der Waals surface area contributed by atoms with Crippen LogP contribution in [0.5, 0.6) is 0 Å². The molecular formula is C10H9BrNO. The molecule has 0 bridgehead atoms. The molecule has 1 aromatic carbocycles. The Balaban J connectivity index is 2.90. The average molecular weight is 239 g/mol. The summed E-state index contributed by atoms with van der Waals surface area (Å²) in [5.41, 5.74) is 0.682. The maximum Gasteiger partial charge on any atom is 0.180 e. The Bertz CT molecular complexity index is 329. The van der Waals surface area contributed by atoms with Crippen LogP contribution in [0.1, 0.15) is 18.9 Å². The van der Waals surface area contributed by atoms with Gasteiger partial charge in [0.1, 0.15) is 5.71 Å². The van der Waals surface area contributed by atoms with Gasteiger partial charge in [-0.1, -0.05) is 28.9 Å². The Morgan fingerprint density at radius 2 is 2.31 bits per heavy atom. The topological polar surface area (TPSA) is 40.9 Å². The lowest BCUT2D eigenvalue weighted by Gasteiger charge is -2.00. The maximum absolute atomic E-state index is 11.1. The van der Waals surface area contributed by atoms with Gasteiger partial charge in [-0.05, 0) is 18.2 Å². The van der Waals surface area contributed by atoms with Crippen molar-refractivity contribution >= 4 is 27.4 Å². The van der Waals surface area contributed by atoms with Crippen LogP contribution < -0.4 is 0 Å². The quantitative estimate of drug-likeness (QED) is 0.809. The van der Waals surface area contributed by atoms with Gasteiger partial charge < -0.3 is 0 Å². The van der Waals surface area contributed by atoms with E-state index in [9.17, 15) is 4.79 Å². The third-order valence-electron chi connectivity index (χ3n) is 1.66. The number of hydrogen-bond acceptors (Lipinski definition) is 2. The van der Waals surface area contributed by atoms with Gasteiger partial charge in [0.05, 0.1) is 0 Å². The summed E-state index contributed by atoms with van der Waals surface area (Å²) in [7, 11) is 0. The smallest absolute Gasteiger partial charge is 0.180 e. The minimum Gasteiger partial charge on any atom is -0.297 e. The van der Waals surface area contributed by atoms with E-state index < -0.39 is 0 Å². The van der Waals surface area contributed by atoms with Crippen molar-refractivity contribution in [1.29, 1.82) is 5.41 Å². The van der Waals surface area contributed by atoms with Crippen molar-refractivity contribution in [2.45, 2.75) is 13.3 Å². The van der Waals surface area contributed by atoms with Crippen LogP contribution in [0.3, 0.4) is 0 Å². The molecule has 1 aromatic rings. The standard InChI is InChI=1S/C10H9BrNO/c1-2-9(13)10(12)7-3-5-8(11)6-4-7/h3-5,12H,2H2,1H3. The molecule has 1 radical (unpaired) electrons. The van der Waals surface area contributed by atoms with Gasteiger partial charge in [-0.3, -0.25) is 10.2 Å². The Kier molecular flexibility index (Phi) is 3.37. The van der Waals surface area contributed by atoms with E-state index in [1.807, 2.05) is 0 Å². The first-order valence-electron chi connectivity index (χ1n) is 3.94. The summed E-state index contributed by atoms with van der Waals surface area (Å²) in [6.45, 7) is 1.75. The second-order valence-electron chi connectivity index (χ2n) is 2.58. The van der Waals surface area contributed by atoms with E-state index in [-0.39, 0.29) is 11.5 Å². The van der Waals surface area contributed by atoms with E-state index in [1.54, 1.807) is 25.1 Å². The number of nitrogens with one attached hydrogen (secondary N) is 1. The Labute approximate surface area is 85.6 Å². The highest BCUT2D eigenvalue weighted by Crippen LogP contribution is 2.10. The maximum atomic E-state index is 11.1. The highest BCUT2D eigenvalue weighted by molar-refractivity contribution is 9.10. The van der Waals surface area contributed by atoms with Gasteiger partial charge in [-0.15, -0.1) is 0 Å². The van der Waals surface area contributed by atoms with Crippen molar-refractivity contribution in [3.05, 3.63) is 34.3 Å². The summed E-state index contributed by atoms with van der Waals surface area (Å²) in [4.78, 5) is 11.1. The lowest BCUT2D eigenvalue weighted by Crippen LogP contribution is -2.12. The molecular weight excluding hydrogens is 230 g/mol. The molecule has 0 heterocycles. The number of hydrogen-bond donors (Lipinski definition) is 1. The fourth-order valence-corrected chi connectivity index (χ4v) is 1.15. The Hall–Kier alpha value is -0.960. The molecule has 0 amide bonds. The molecule has 0 saturated carbocycles. The molecule has 0 fully saturated rings. The first kappa shape index (κ1) is 10.1. The van der Waals surface area contributed by atoms with Crippen LogP contribution in [0.15, 0.2) is 22.7 Å². The SMILES string of the molecule is CCC(=O)C(=N)c1c[c]c(Br)cc1. The third kappa shape index (κ3) is 2.49. The third-order valence-corrected chi connectivity index (χ3v) is 2.16. The fourth-order valence-electron chi connectivity index (χ4n) is 0.899. The number of benzene rings is 1. The normalized spacial score (nSPS) is 9.69. The van der Waals surface area contributed by atoms with Gasteiger partial charge >= 0.3 is 0 Å². The van der Waals surface area contributed by atoms with Crippen LogP contribution >= 0.6 is 15.9 Å². The highest BCUT2D eigenvalue weighted by atomic mass is 79.9. The number of Topliss-reactive ketones (excluding diaryl/α,β-unsaturated/α-hetero) is 1. The summed E-state index contributed by atoms with van der Waals surface area (Å²) in [6, 6.07) is 8.03. The zero-order valence-corrected chi connectivity index (χ0v) is 8.81. The molecule has 13 heavy (non-hydrogen) atoms. The molecule has 3 heteroatoms. The van der Waals surface area contributed by atoms with Gasteiger partial charge in [-0.25, -0.2) is 0 Å². The van der Waals surface area contributed by atoms with Gasteiger partial charge in [0.2, 0.25) is 0 Å². The molecule has 2 nitrogen and oxygen atoms in total. The number of ketones is 1. The second kappa shape index (κ2) is 4.33. The lowest BCUT2D eigenvalue weighted by molar-refractivity contribution is -0.112. The summed E-state index contributed by atoms with van der Waals surface area (Å²) < 4.78 is 0.827. The molecule has 0 atom stereocenters. The molecule has 67 valence electrons. The summed E-state index contributed by atoms with van der Waals surface area (Å²) in [6.07, 6.45) is 0.370. The Morgan fingerprint density at radius 1 is 1.62 bits per heavy atom. The van der Waals surface area contributed by atoms with Crippen molar-refractivity contribution in [3.8, 4) is 0 Å². The van der Waals surface area contributed by atoms with Gasteiger partial charge in [-0.2, -0.15) is 0 Å². The molecule has 0 unspecified atom stereocenters. The Morgan fingerprint density at radius 3 is 2.77 bits per heavy atom. The largest absolute Gasteiger partial charge is 0.297 e. The predicted octanol–water partition coefficient (Wildman–Crippen LogP) is 2.60. The molecule has 0 aliphatic rings. The monoisotopic (exact) mass is 238 g/mol. The van der Waals surface area contributed by atoms with E-state index in [1.165, 1.54) is 0 Å². The highest BCUT2D eigenvalue weighted by Gasteiger charge is 2.08. The molecule has 0 aromatic heterocycles. The van der Waals surface area contributed by atoms with Gasteiger partial charge in [0.25, 0.3) is 0 Å². The van der Waals surface area contributed by atoms with E-state index in [0.29, 0.717) is 12.0 Å². The van der Waals surface area contributed by atoms with Crippen LogP contribution in [0.2, 0.25) is 0 Å². The predicted molar refractivity (Wildman–Crippen MR) is 55.1 cm³/mol. The van der Waals surface area contributed by atoms with Crippen molar-refractivity contribution in [2.75, 3.05) is 0 Å². The van der Waals surface area contributed by atoms with E-state index >= 15 is 0 Å². The number of carbonyl (C=O) groups excluding carboxylic acids is 1. The van der Waals surface area contributed by atoms with Crippen LogP contribution in [0.25, 0.3) is 0 Å². The first-order valence-corrected chi connectivity index (χ1v) is 4.73. The lowest BCUT2D eigenvalue weighted by atomic mass is 10.1. The van der Waals surface area contributed by atoms with Crippen molar-refractivity contribution in [3.63, 3.8) is 0 Å². The molecule has 0 aliphatic heterocycles. The summed E-state index contributed by atoms with van der Waals surface area (Å²) >= 11 is 3.24. The minimum absolute atomic E-state index is 0.0613. The first-order chi connectivity index (χ1) is 6.15. The molecule has 0 spiro atoms. The number of rotatable bonds is 3. The van der Waals surface area contributed by atoms with E-state index in [0.717, 1.165) is 4.47 Å². The van der Waals surface area contributed by atoms with Crippen molar-refractivity contribution < 1.29 is 4.79 Å². The molecule has 1 N–H and O–H groups in total. The molecule has 0 saturated heterocycles. The number of carbonyl (C=O) groups is 1.